The number of anilines is 2. The van der Waals surface area contributed by atoms with E-state index in [1.165, 1.54) is 0 Å². The second-order valence-electron chi connectivity index (χ2n) is 3.31. The first-order valence-corrected chi connectivity index (χ1v) is 4.42. The molecule has 0 atom stereocenters. The Morgan fingerprint density at radius 2 is 2.21 bits per heavy atom. The molecule has 0 saturated carbocycles. The highest BCUT2D eigenvalue weighted by molar-refractivity contribution is 5.92. The number of nitrogens with zero attached hydrogens (tertiary/aromatic N) is 3. The number of carbonyl (C=O) groups is 1. The molecule has 0 spiro atoms. The average molecular weight is 192 g/mol. The van der Waals surface area contributed by atoms with E-state index in [0.29, 0.717) is 18.1 Å². The first-order chi connectivity index (χ1) is 6.68. The van der Waals surface area contributed by atoms with E-state index in [0.717, 1.165) is 6.54 Å². The van der Waals surface area contributed by atoms with E-state index in [1.807, 2.05) is 0 Å². The van der Waals surface area contributed by atoms with Crippen molar-refractivity contribution < 1.29 is 4.79 Å². The number of urea groups is 1. The molecule has 1 aromatic rings. The molecule has 1 fully saturated rings. The van der Waals surface area contributed by atoms with E-state index in [-0.39, 0.29) is 6.03 Å². The lowest BCUT2D eigenvalue weighted by molar-refractivity contribution is 0.229. The van der Waals surface area contributed by atoms with Crippen LogP contribution < -0.4 is 10.6 Å². The molecular weight excluding hydrogens is 180 g/mol. The highest BCUT2D eigenvalue weighted by Gasteiger charge is 2.27. The van der Waals surface area contributed by atoms with Gasteiger partial charge in [0.05, 0.1) is 11.9 Å². The van der Waals surface area contributed by atoms with E-state index in [4.69, 9.17) is 5.73 Å². The summed E-state index contributed by atoms with van der Waals surface area (Å²) in [4.78, 5) is 19.0. The summed E-state index contributed by atoms with van der Waals surface area (Å²) < 4.78 is 0. The summed E-state index contributed by atoms with van der Waals surface area (Å²) >= 11 is 0. The molecule has 5 heteroatoms. The number of pyridine rings is 1. The maximum absolute atomic E-state index is 11.6. The number of nitrogens with two attached hydrogens (primary N) is 1. The van der Waals surface area contributed by atoms with E-state index < -0.39 is 0 Å². The van der Waals surface area contributed by atoms with Crippen molar-refractivity contribution in [3.05, 3.63) is 18.3 Å². The Bertz CT molecular complexity index is 348. The number of hydrogen-bond acceptors (Lipinski definition) is 3. The van der Waals surface area contributed by atoms with Gasteiger partial charge in [0.25, 0.3) is 0 Å². The molecule has 0 radical (unpaired) electrons. The Hall–Kier alpha value is -1.78. The molecule has 2 amide bonds. The van der Waals surface area contributed by atoms with Gasteiger partial charge in [0.1, 0.15) is 5.82 Å². The van der Waals surface area contributed by atoms with Crippen molar-refractivity contribution in [3.63, 3.8) is 0 Å². The van der Waals surface area contributed by atoms with Gasteiger partial charge in [-0.25, -0.2) is 9.78 Å². The van der Waals surface area contributed by atoms with Crippen molar-refractivity contribution >= 4 is 17.5 Å². The van der Waals surface area contributed by atoms with Crippen LogP contribution in [-0.4, -0.2) is 36.1 Å². The molecule has 0 aromatic carbocycles. The molecule has 0 bridgehead atoms. The van der Waals surface area contributed by atoms with Crippen molar-refractivity contribution in [2.24, 2.45) is 0 Å². The number of hydrogen-bond donors (Lipinski definition) is 1. The SMILES string of the molecule is CN1CCN(c2ccc(N)cn2)C1=O. The predicted molar refractivity (Wildman–Crippen MR) is 54.0 cm³/mol. The minimum absolute atomic E-state index is 0.0118. The quantitative estimate of drug-likeness (QED) is 0.706. The van der Waals surface area contributed by atoms with Crippen molar-refractivity contribution in [3.8, 4) is 0 Å². The van der Waals surface area contributed by atoms with Gasteiger partial charge in [-0.2, -0.15) is 0 Å². The van der Waals surface area contributed by atoms with Crippen molar-refractivity contribution in [1.82, 2.24) is 9.88 Å². The molecule has 1 aliphatic rings. The molecule has 1 saturated heterocycles. The predicted octanol–water partition coefficient (Wildman–Crippen LogP) is 0.536. The number of amides is 2. The van der Waals surface area contributed by atoms with Gasteiger partial charge in [0, 0.05) is 20.1 Å². The first kappa shape index (κ1) is 8.80. The molecule has 74 valence electrons. The van der Waals surface area contributed by atoms with E-state index in [1.54, 1.807) is 35.2 Å². The Balaban J connectivity index is 2.24. The fraction of sp³-hybridized carbons (Fsp3) is 0.333. The van der Waals surface area contributed by atoms with Gasteiger partial charge in [0.15, 0.2) is 0 Å². The van der Waals surface area contributed by atoms with Crippen LogP contribution in [0, 0.1) is 0 Å². The smallest absolute Gasteiger partial charge is 0.325 e. The normalized spacial score (nSPS) is 16.5. The minimum Gasteiger partial charge on any atom is -0.397 e. The van der Waals surface area contributed by atoms with Crippen LogP contribution in [0.15, 0.2) is 18.3 Å². The zero-order chi connectivity index (χ0) is 10.1. The Morgan fingerprint density at radius 3 is 2.71 bits per heavy atom. The number of aromatic nitrogens is 1. The molecule has 2 rings (SSSR count). The highest BCUT2D eigenvalue weighted by Crippen LogP contribution is 2.17. The minimum atomic E-state index is -0.0118. The lowest BCUT2D eigenvalue weighted by Crippen LogP contribution is -2.29. The largest absolute Gasteiger partial charge is 0.397 e. The maximum atomic E-state index is 11.6. The van der Waals surface area contributed by atoms with Crippen LogP contribution in [0.5, 0.6) is 0 Å². The van der Waals surface area contributed by atoms with E-state index in [9.17, 15) is 4.79 Å². The third kappa shape index (κ3) is 1.37. The lowest BCUT2D eigenvalue weighted by atomic mass is 10.4. The lowest BCUT2D eigenvalue weighted by Gasteiger charge is -2.14. The molecule has 2 N–H and O–H groups in total. The third-order valence-electron chi connectivity index (χ3n) is 2.26. The Labute approximate surface area is 82.1 Å². The molecular formula is C9H12N4O. The standard InChI is InChI=1S/C9H12N4O/c1-12-4-5-13(9(12)14)8-3-2-7(10)6-11-8/h2-3,6H,4-5,10H2,1H3. The monoisotopic (exact) mass is 192 g/mol. The summed E-state index contributed by atoms with van der Waals surface area (Å²) in [6.07, 6.45) is 1.56. The van der Waals surface area contributed by atoms with Crippen LogP contribution in [-0.2, 0) is 0 Å². The second kappa shape index (κ2) is 3.17. The highest BCUT2D eigenvalue weighted by atomic mass is 16.2. The van der Waals surface area contributed by atoms with Gasteiger partial charge in [-0.1, -0.05) is 0 Å². The molecule has 14 heavy (non-hydrogen) atoms. The second-order valence-corrected chi connectivity index (χ2v) is 3.31. The molecule has 2 heterocycles. The number of rotatable bonds is 1. The van der Waals surface area contributed by atoms with E-state index >= 15 is 0 Å². The number of nitrogen functional groups attached to an aromatic ring is 1. The van der Waals surface area contributed by atoms with Gasteiger partial charge in [0.2, 0.25) is 0 Å². The van der Waals surface area contributed by atoms with Gasteiger partial charge in [-0.15, -0.1) is 0 Å². The third-order valence-corrected chi connectivity index (χ3v) is 2.26. The Morgan fingerprint density at radius 1 is 1.43 bits per heavy atom. The summed E-state index contributed by atoms with van der Waals surface area (Å²) in [5.74, 6) is 0.661. The zero-order valence-electron chi connectivity index (χ0n) is 7.97. The first-order valence-electron chi connectivity index (χ1n) is 4.42. The summed E-state index contributed by atoms with van der Waals surface area (Å²) in [5.41, 5.74) is 6.12. The summed E-state index contributed by atoms with van der Waals surface area (Å²) in [6, 6.07) is 3.49. The fourth-order valence-corrected chi connectivity index (χ4v) is 1.42. The van der Waals surface area contributed by atoms with Crippen molar-refractivity contribution in [2.45, 2.75) is 0 Å². The topological polar surface area (TPSA) is 62.5 Å². The molecule has 1 aromatic heterocycles. The van der Waals surface area contributed by atoms with E-state index in [2.05, 4.69) is 4.98 Å². The van der Waals surface area contributed by atoms with Crippen LogP contribution in [0.3, 0.4) is 0 Å². The fourth-order valence-electron chi connectivity index (χ4n) is 1.42. The van der Waals surface area contributed by atoms with Gasteiger partial charge in [-0.3, -0.25) is 4.90 Å². The van der Waals surface area contributed by atoms with Crippen LogP contribution in [0.25, 0.3) is 0 Å². The number of carbonyl (C=O) groups excluding carboxylic acids is 1. The van der Waals surface area contributed by atoms with Crippen LogP contribution in [0.2, 0.25) is 0 Å². The average Bonchev–Trinajstić information content (AvgIpc) is 2.50. The number of likely N-dealkylation sites (N-methyl/N-ethyl adjacent to an activating group) is 1. The summed E-state index contributed by atoms with van der Waals surface area (Å²) in [5, 5.41) is 0. The van der Waals surface area contributed by atoms with Crippen LogP contribution >= 0.6 is 0 Å². The summed E-state index contributed by atoms with van der Waals surface area (Å²) in [6.45, 7) is 1.43. The van der Waals surface area contributed by atoms with Crippen molar-refractivity contribution in [1.29, 1.82) is 0 Å². The zero-order valence-corrected chi connectivity index (χ0v) is 7.97. The van der Waals surface area contributed by atoms with Gasteiger partial charge < -0.3 is 10.6 Å². The van der Waals surface area contributed by atoms with Gasteiger partial charge in [-0.05, 0) is 12.1 Å². The molecule has 0 unspecified atom stereocenters. The Kier molecular flexibility index (Phi) is 1.99. The van der Waals surface area contributed by atoms with Crippen LogP contribution in [0.4, 0.5) is 16.3 Å². The molecule has 1 aliphatic heterocycles. The molecule has 5 nitrogen and oxygen atoms in total. The molecule has 0 aliphatic carbocycles. The maximum Gasteiger partial charge on any atom is 0.325 e. The van der Waals surface area contributed by atoms with Crippen molar-refractivity contribution in [2.75, 3.05) is 30.8 Å². The van der Waals surface area contributed by atoms with Gasteiger partial charge >= 0.3 is 6.03 Å². The summed E-state index contributed by atoms with van der Waals surface area (Å²) in [7, 11) is 1.78. The van der Waals surface area contributed by atoms with Crippen LogP contribution in [0.1, 0.15) is 0 Å².